The smallest absolute Gasteiger partial charge is 0.245 e. The van der Waals surface area contributed by atoms with Gasteiger partial charge in [-0.25, -0.2) is 8.42 Å². The van der Waals surface area contributed by atoms with Gasteiger partial charge < -0.3 is 5.32 Å². The fourth-order valence-corrected chi connectivity index (χ4v) is 5.78. The number of aryl methyl sites for hydroxylation is 2. The summed E-state index contributed by atoms with van der Waals surface area (Å²) in [6, 6.07) is 14.7. The first-order valence-corrected chi connectivity index (χ1v) is 11.5. The second kappa shape index (κ2) is 8.16. The molecule has 156 valence electrons. The van der Waals surface area contributed by atoms with Crippen molar-refractivity contribution in [2.45, 2.75) is 31.6 Å². The molecule has 1 atom stereocenters. The van der Waals surface area contributed by atoms with Crippen LogP contribution in [-0.4, -0.2) is 36.7 Å². The Hall–Kier alpha value is -2.77. The number of nitrogens with one attached hydrogen (secondary N) is 1. The number of benzene rings is 2. The highest BCUT2D eigenvalue weighted by atomic mass is 32.2. The maximum absolute atomic E-state index is 13.4. The first kappa shape index (κ1) is 20.5. The van der Waals surface area contributed by atoms with Crippen molar-refractivity contribution >= 4 is 32.5 Å². The molecule has 1 N–H and O–H groups in total. The number of piperidine rings is 1. The minimum atomic E-state index is -3.75. The summed E-state index contributed by atoms with van der Waals surface area (Å²) in [5, 5.41) is 3.74. The largest absolute Gasteiger partial charge is 0.326 e. The van der Waals surface area contributed by atoms with Crippen LogP contribution in [0.2, 0.25) is 0 Å². The van der Waals surface area contributed by atoms with E-state index in [4.69, 9.17) is 0 Å². The van der Waals surface area contributed by atoms with Gasteiger partial charge in [0, 0.05) is 30.4 Å². The van der Waals surface area contributed by atoms with Crippen molar-refractivity contribution in [3.05, 3.63) is 65.9 Å². The maximum atomic E-state index is 13.4. The molecule has 6 nitrogen and oxygen atoms in total. The molecule has 4 rings (SSSR count). The van der Waals surface area contributed by atoms with E-state index in [1.165, 1.54) is 4.31 Å². The Morgan fingerprint density at radius 1 is 1.10 bits per heavy atom. The summed E-state index contributed by atoms with van der Waals surface area (Å²) in [7, 11) is -3.75. The van der Waals surface area contributed by atoms with E-state index in [0.29, 0.717) is 24.9 Å². The lowest BCUT2D eigenvalue weighted by Crippen LogP contribution is -2.43. The summed E-state index contributed by atoms with van der Waals surface area (Å²) >= 11 is 0. The van der Waals surface area contributed by atoms with Gasteiger partial charge in [-0.3, -0.25) is 9.78 Å². The standard InChI is InChI=1S/C23H25N3O3S/c1-16-12-17(2)14-20(13-16)25-23(27)19-8-5-11-26(15-19)30(28,29)21-9-3-6-18-7-4-10-24-22(18)21/h3-4,6-7,9-10,12-14,19H,5,8,11,15H2,1-2H3,(H,25,27)/t19-/m1/s1. The average Bonchev–Trinajstić information content (AvgIpc) is 2.72. The number of sulfonamides is 1. The predicted molar refractivity (Wildman–Crippen MR) is 118 cm³/mol. The van der Waals surface area contributed by atoms with Gasteiger partial charge >= 0.3 is 0 Å². The Morgan fingerprint density at radius 3 is 2.60 bits per heavy atom. The highest BCUT2D eigenvalue weighted by Crippen LogP contribution is 2.28. The van der Waals surface area contributed by atoms with Crippen molar-refractivity contribution in [3.8, 4) is 0 Å². The number of rotatable bonds is 4. The van der Waals surface area contributed by atoms with Crippen LogP contribution in [0.5, 0.6) is 0 Å². The van der Waals surface area contributed by atoms with Crippen LogP contribution < -0.4 is 5.32 Å². The molecule has 0 radical (unpaired) electrons. The Bertz CT molecular complexity index is 1180. The topological polar surface area (TPSA) is 79.4 Å². The third kappa shape index (κ3) is 4.08. The van der Waals surface area contributed by atoms with Gasteiger partial charge in [0.05, 0.1) is 11.4 Å². The highest BCUT2D eigenvalue weighted by molar-refractivity contribution is 7.89. The Balaban J connectivity index is 1.56. The van der Waals surface area contributed by atoms with Gasteiger partial charge in [-0.2, -0.15) is 4.31 Å². The van der Waals surface area contributed by atoms with Crippen molar-refractivity contribution in [1.82, 2.24) is 9.29 Å². The third-order valence-electron chi connectivity index (χ3n) is 5.46. The molecular formula is C23H25N3O3S. The van der Waals surface area contributed by atoms with Gasteiger partial charge in [0.25, 0.3) is 0 Å². The van der Waals surface area contributed by atoms with E-state index in [1.807, 2.05) is 44.2 Å². The van der Waals surface area contributed by atoms with Crippen LogP contribution in [0.15, 0.2) is 59.6 Å². The first-order chi connectivity index (χ1) is 14.3. The minimum absolute atomic E-state index is 0.143. The van der Waals surface area contributed by atoms with Gasteiger partial charge in [-0.15, -0.1) is 0 Å². The summed E-state index contributed by atoms with van der Waals surface area (Å²) < 4.78 is 28.2. The van der Waals surface area contributed by atoms with Crippen molar-refractivity contribution < 1.29 is 13.2 Å². The maximum Gasteiger partial charge on any atom is 0.245 e. The quantitative estimate of drug-likeness (QED) is 0.690. The monoisotopic (exact) mass is 423 g/mol. The zero-order valence-electron chi connectivity index (χ0n) is 17.1. The van der Waals surface area contributed by atoms with E-state index >= 15 is 0 Å². The van der Waals surface area contributed by atoms with E-state index < -0.39 is 15.9 Å². The molecule has 1 aromatic heterocycles. The summed E-state index contributed by atoms with van der Waals surface area (Å²) in [6.45, 7) is 4.53. The van der Waals surface area contributed by atoms with Crippen LogP contribution in [0, 0.1) is 19.8 Å². The molecule has 1 aliphatic rings. The second-order valence-corrected chi connectivity index (χ2v) is 9.81. The van der Waals surface area contributed by atoms with Crippen LogP contribution in [0.25, 0.3) is 10.9 Å². The van der Waals surface area contributed by atoms with E-state index in [9.17, 15) is 13.2 Å². The molecule has 1 amide bonds. The molecule has 1 fully saturated rings. The molecule has 3 aromatic rings. The van der Waals surface area contributed by atoms with E-state index in [0.717, 1.165) is 22.2 Å². The van der Waals surface area contributed by atoms with Gasteiger partial charge in [0.1, 0.15) is 4.90 Å². The number of para-hydroxylation sites is 1. The van der Waals surface area contributed by atoms with Crippen molar-refractivity contribution in [2.75, 3.05) is 18.4 Å². The fourth-order valence-electron chi connectivity index (χ4n) is 4.09. The Labute approximate surface area is 177 Å². The molecule has 30 heavy (non-hydrogen) atoms. The zero-order valence-corrected chi connectivity index (χ0v) is 17.9. The lowest BCUT2D eigenvalue weighted by Gasteiger charge is -2.31. The fraction of sp³-hybridized carbons (Fsp3) is 0.304. The van der Waals surface area contributed by atoms with Crippen LogP contribution in [0.4, 0.5) is 5.69 Å². The number of hydrogen-bond acceptors (Lipinski definition) is 4. The SMILES string of the molecule is Cc1cc(C)cc(NC(=O)[C@@H]2CCCN(S(=O)(=O)c3cccc4cccnc34)C2)c1. The predicted octanol–water partition coefficient (Wildman–Crippen LogP) is 3.89. The lowest BCUT2D eigenvalue weighted by molar-refractivity contribution is -0.120. The van der Waals surface area contributed by atoms with Gasteiger partial charge in [-0.05, 0) is 62.1 Å². The first-order valence-electron chi connectivity index (χ1n) is 10.1. The molecule has 0 spiro atoms. The number of carbonyl (C=O) groups excluding carboxylic acids is 1. The van der Waals surface area contributed by atoms with Crippen molar-refractivity contribution in [1.29, 1.82) is 0 Å². The Kier molecular flexibility index (Phi) is 5.58. The number of amides is 1. The second-order valence-electron chi connectivity index (χ2n) is 7.90. The molecular weight excluding hydrogens is 398 g/mol. The molecule has 1 saturated heterocycles. The zero-order chi connectivity index (χ0) is 21.3. The van der Waals surface area contributed by atoms with Crippen LogP contribution in [0.3, 0.4) is 0 Å². The van der Waals surface area contributed by atoms with Gasteiger partial charge in [0.15, 0.2) is 0 Å². The molecule has 0 aliphatic carbocycles. The van der Waals surface area contributed by atoms with Crippen molar-refractivity contribution in [2.24, 2.45) is 5.92 Å². The summed E-state index contributed by atoms with van der Waals surface area (Å²) in [5.41, 5.74) is 3.35. The van der Waals surface area contributed by atoms with E-state index in [2.05, 4.69) is 10.3 Å². The highest BCUT2D eigenvalue weighted by Gasteiger charge is 2.34. The Morgan fingerprint density at radius 2 is 1.83 bits per heavy atom. The number of fused-ring (bicyclic) bond motifs is 1. The number of pyridine rings is 1. The van der Waals surface area contributed by atoms with Crippen LogP contribution in [-0.2, 0) is 14.8 Å². The number of nitrogens with zero attached hydrogens (tertiary/aromatic N) is 2. The molecule has 2 heterocycles. The third-order valence-corrected chi connectivity index (χ3v) is 7.35. The van der Waals surface area contributed by atoms with Gasteiger partial charge in [0.2, 0.25) is 15.9 Å². The summed E-state index contributed by atoms with van der Waals surface area (Å²) in [6.07, 6.45) is 2.90. The number of carbonyl (C=O) groups is 1. The molecule has 0 unspecified atom stereocenters. The van der Waals surface area contributed by atoms with Crippen molar-refractivity contribution in [3.63, 3.8) is 0 Å². The molecule has 7 heteroatoms. The lowest BCUT2D eigenvalue weighted by atomic mass is 9.98. The summed E-state index contributed by atoms with van der Waals surface area (Å²) in [4.78, 5) is 17.3. The normalized spacial score (nSPS) is 17.7. The molecule has 2 aromatic carbocycles. The van der Waals surface area contributed by atoms with Crippen LogP contribution >= 0.6 is 0 Å². The minimum Gasteiger partial charge on any atom is -0.326 e. The van der Waals surface area contributed by atoms with Crippen LogP contribution in [0.1, 0.15) is 24.0 Å². The number of hydrogen-bond donors (Lipinski definition) is 1. The number of anilines is 1. The average molecular weight is 424 g/mol. The van der Waals surface area contributed by atoms with Gasteiger partial charge in [-0.1, -0.05) is 24.3 Å². The molecule has 1 aliphatic heterocycles. The molecule has 0 saturated carbocycles. The summed E-state index contributed by atoms with van der Waals surface area (Å²) in [5.74, 6) is -0.534. The van der Waals surface area contributed by atoms with E-state index in [1.54, 1.807) is 24.4 Å². The molecule has 0 bridgehead atoms. The van der Waals surface area contributed by atoms with E-state index in [-0.39, 0.29) is 17.3 Å². The number of aromatic nitrogens is 1.